The number of aryl methyl sites for hydroxylation is 1. The number of hydrogen-bond donors (Lipinski definition) is 2. The molecule has 6 heteroatoms. The number of likely N-dealkylation sites (tertiary alicyclic amines) is 1. The lowest BCUT2D eigenvalue weighted by Gasteiger charge is -2.24. The number of amidine groups is 1. The molecular formula is C13H16BrN3O2. The number of nitrogens with zero attached hydrogens (tertiary/aromatic N) is 2. The van der Waals surface area contributed by atoms with Crippen LogP contribution in [0.5, 0.6) is 0 Å². The van der Waals surface area contributed by atoms with E-state index in [4.69, 9.17) is 10.9 Å². The molecule has 1 heterocycles. The van der Waals surface area contributed by atoms with Gasteiger partial charge in [-0.3, -0.25) is 4.79 Å². The molecule has 2 rings (SSSR count). The van der Waals surface area contributed by atoms with Crippen LogP contribution in [-0.4, -0.2) is 34.4 Å². The fourth-order valence-electron chi connectivity index (χ4n) is 2.36. The average molecular weight is 326 g/mol. The van der Waals surface area contributed by atoms with Crippen LogP contribution < -0.4 is 5.73 Å². The van der Waals surface area contributed by atoms with Crippen LogP contribution in [0.1, 0.15) is 28.8 Å². The molecule has 102 valence electrons. The van der Waals surface area contributed by atoms with Gasteiger partial charge in [-0.25, -0.2) is 0 Å². The summed E-state index contributed by atoms with van der Waals surface area (Å²) in [7, 11) is 0. The monoisotopic (exact) mass is 325 g/mol. The first-order valence-corrected chi connectivity index (χ1v) is 6.88. The summed E-state index contributed by atoms with van der Waals surface area (Å²) >= 11 is 3.37. The van der Waals surface area contributed by atoms with Gasteiger partial charge in [0.25, 0.3) is 5.91 Å². The van der Waals surface area contributed by atoms with E-state index < -0.39 is 0 Å². The first-order valence-electron chi connectivity index (χ1n) is 6.09. The highest BCUT2D eigenvalue weighted by Gasteiger charge is 2.32. The maximum Gasteiger partial charge on any atom is 0.254 e. The molecule has 1 aliphatic heterocycles. The zero-order valence-electron chi connectivity index (χ0n) is 10.6. The molecule has 1 aromatic carbocycles. The molecule has 0 aliphatic carbocycles. The highest BCUT2D eigenvalue weighted by Crippen LogP contribution is 2.23. The Morgan fingerprint density at radius 2 is 2.32 bits per heavy atom. The molecule has 1 aromatic rings. The van der Waals surface area contributed by atoms with Crippen molar-refractivity contribution in [2.24, 2.45) is 10.9 Å². The van der Waals surface area contributed by atoms with Crippen LogP contribution in [0.2, 0.25) is 0 Å². The SMILES string of the molecule is Cc1ccc(Br)cc1C(=O)N1CCCC1C(N)=NO. The van der Waals surface area contributed by atoms with Crippen molar-refractivity contribution < 1.29 is 10.0 Å². The van der Waals surface area contributed by atoms with Crippen molar-refractivity contribution in [3.63, 3.8) is 0 Å². The topological polar surface area (TPSA) is 78.9 Å². The van der Waals surface area contributed by atoms with Crippen LogP contribution in [0.3, 0.4) is 0 Å². The van der Waals surface area contributed by atoms with Gasteiger partial charge in [0, 0.05) is 16.6 Å². The summed E-state index contributed by atoms with van der Waals surface area (Å²) in [5.41, 5.74) is 7.21. The summed E-state index contributed by atoms with van der Waals surface area (Å²) in [6, 6.07) is 5.29. The minimum Gasteiger partial charge on any atom is -0.409 e. The van der Waals surface area contributed by atoms with Gasteiger partial charge in [0.2, 0.25) is 0 Å². The number of rotatable bonds is 2. The number of carbonyl (C=O) groups is 1. The van der Waals surface area contributed by atoms with E-state index in [-0.39, 0.29) is 17.8 Å². The Kier molecular flexibility index (Phi) is 4.09. The van der Waals surface area contributed by atoms with Crippen molar-refractivity contribution in [1.82, 2.24) is 4.90 Å². The molecule has 0 aromatic heterocycles. The third kappa shape index (κ3) is 2.73. The maximum absolute atomic E-state index is 12.6. The van der Waals surface area contributed by atoms with Crippen molar-refractivity contribution >= 4 is 27.7 Å². The van der Waals surface area contributed by atoms with Gasteiger partial charge in [-0.15, -0.1) is 0 Å². The van der Waals surface area contributed by atoms with E-state index in [9.17, 15) is 4.79 Å². The van der Waals surface area contributed by atoms with Crippen molar-refractivity contribution in [1.29, 1.82) is 0 Å². The first-order chi connectivity index (χ1) is 9.04. The third-order valence-electron chi connectivity index (χ3n) is 3.40. The Hall–Kier alpha value is -1.56. The van der Waals surface area contributed by atoms with Crippen LogP contribution in [0.25, 0.3) is 0 Å². The molecule has 0 radical (unpaired) electrons. The average Bonchev–Trinajstić information content (AvgIpc) is 2.89. The summed E-state index contributed by atoms with van der Waals surface area (Å²) < 4.78 is 0.862. The van der Waals surface area contributed by atoms with Crippen molar-refractivity contribution in [3.05, 3.63) is 33.8 Å². The van der Waals surface area contributed by atoms with E-state index in [1.54, 1.807) is 11.0 Å². The molecule has 1 amide bonds. The molecule has 1 unspecified atom stereocenters. The van der Waals surface area contributed by atoms with Crippen molar-refractivity contribution in [3.8, 4) is 0 Å². The predicted molar refractivity (Wildman–Crippen MR) is 76.3 cm³/mol. The van der Waals surface area contributed by atoms with E-state index in [1.165, 1.54) is 0 Å². The second kappa shape index (κ2) is 5.61. The molecule has 19 heavy (non-hydrogen) atoms. The largest absolute Gasteiger partial charge is 0.409 e. The molecule has 0 spiro atoms. The Labute approximate surface area is 120 Å². The van der Waals surface area contributed by atoms with Gasteiger partial charge in [0.1, 0.15) is 0 Å². The number of nitrogens with two attached hydrogens (primary N) is 1. The number of halogens is 1. The second-order valence-electron chi connectivity index (χ2n) is 4.64. The minimum atomic E-state index is -0.309. The fourth-order valence-corrected chi connectivity index (χ4v) is 2.72. The molecule has 0 saturated carbocycles. The molecule has 0 bridgehead atoms. The highest BCUT2D eigenvalue weighted by atomic mass is 79.9. The van der Waals surface area contributed by atoms with Crippen LogP contribution >= 0.6 is 15.9 Å². The van der Waals surface area contributed by atoms with Crippen molar-refractivity contribution in [2.75, 3.05) is 6.54 Å². The number of carbonyl (C=O) groups excluding carboxylic acids is 1. The number of hydrogen-bond acceptors (Lipinski definition) is 3. The summed E-state index contributed by atoms with van der Waals surface area (Å²) in [5.74, 6) is 0.0198. The van der Waals surface area contributed by atoms with Gasteiger partial charge in [-0.2, -0.15) is 0 Å². The van der Waals surface area contributed by atoms with Gasteiger partial charge in [0.15, 0.2) is 5.84 Å². The standard InChI is InChI=1S/C13H16BrN3O2/c1-8-4-5-9(14)7-10(8)13(18)17-6-2-3-11(17)12(15)16-19/h4-5,7,11,19H,2-3,6H2,1H3,(H2,15,16). The highest BCUT2D eigenvalue weighted by molar-refractivity contribution is 9.10. The Morgan fingerprint density at radius 1 is 1.58 bits per heavy atom. The lowest BCUT2D eigenvalue weighted by Crippen LogP contribution is -2.44. The van der Waals surface area contributed by atoms with Crippen LogP contribution in [0.4, 0.5) is 0 Å². The fraction of sp³-hybridized carbons (Fsp3) is 0.385. The lowest BCUT2D eigenvalue weighted by atomic mass is 10.1. The number of benzene rings is 1. The van der Waals surface area contributed by atoms with Gasteiger partial charge in [0.05, 0.1) is 6.04 Å². The van der Waals surface area contributed by atoms with Crippen LogP contribution in [0.15, 0.2) is 27.8 Å². The molecular weight excluding hydrogens is 310 g/mol. The Morgan fingerprint density at radius 3 is 3.00 bits per heavy atom. The normalized spacial score (nSPS) is 19.8. The van der Waals surface area contributed by atoms with Gasteiger partial charge >= 0.3 is 0 Å². The van der Waals surface area contributed by atoms with Crippen molar-refractivity contribution in [2.45, 2.75) is 25.8 Å². The smallest absolute Gasteiger partial charge is 0.254 e. The molecule has 1 saturated heterocycles. The van der Waals surface area contributed by atoms with Gasteiger partial charge < -0.3 is 15.8 Å². The quantitative estimate of drug-likeness (QED) is 0.378. The van der Waals surface area contributed by atoms with E-state index in [0.29, 0.717) is 12.1 Å². The number of oxime groups is 1. The number of amides is 1. The molecule has 1 aliphatic rings. The predicted octanol–water partition coefficient (Wildman–Crippen LogP) is 2.11. The summed E-state index contributed by atoms with van der Waals surface area (Å²) in [4.78, 5) is 14.2. The molecule has 5 nitrogen and oxygen atoms in total. The van der Waals surface area contributed by atoms with Gasteiger partial charge in [-0.05, 0) is 37.5 Å². The minimum absolute atomic E-state index is 0.0760. The van der Waals surface area contributed by atoms with Gasteiger partial charge in [-0.1, -0.05) is 27.2 Å². The van der Waals surface area contributed by atoms with E-state index in [2.05, 4.69) is 21.1 Å². The van der Waals surface area contributed by atoms with E-state index in [0.717, 1.165) is 22.9 Å². The Balaban J connectivity index is 2.31. The van der Waals surface area contributed by atoms with E-state index in [1.807, 2.05) is 19.1 Å². The second-order valence-corrected chi connectivity index (χ2v) is 5.56. The Bertz CT molecular complexity index is 531. The molecule has 1 atom stereocenters. The first kappa shape index (κ1) is 13.9. The molecule has 1 fully saturated rings. The zero-order chi connectivity index (χ0) is 14.0. The zero-order valence-corrected chi connectivity index (χ0v) is 12.2. The lowest BCUT2D eigenvalue weighted by molar-refractivity contribution is 0.0767. The van der Waals surface area contributed by atoms with Crippen LogP contribution in [0, 0.1) is 6.92 Å². The van der Waals surface area contributed by atoms with Crippen LogP contribution in [-0.2, 0) is 0 Å². The van der Waals surface area contributed by atoms with E-state index >= 15 is 0 Å². The summed E-state index contributed by atoms with van der Waals surface area (Å²) in [5, 5.41) is 11.8. The summed E-state index contributed by atoms with van der Waals surface area (Å²) in [6.45, 7) is 2.53. The molecule has 3 N–H and O–H groups in total. The summed E-state index contributed by atoms with van der Waals surface area (Å²) in [6.07, 6.45) is 1.59. The maximum atomic E-state index is 12.6. The third-order valence-corrected chi connectivity index (χ3v) is 3.89.